The van der Waals surface area contributed by atoms with E-state index in [1.54, 1.807) is 0 Å². The largest absolute Gasteiger partial charge is 0.418 e. The summed E-state index contributed by atoms with van der Waals surface area (Å²) >= 11 is 0.288. The lowest BCUT2D eigenvalue weighted by Gasteiger charge is -2.13. The fourth-order valence-corrected chi connectivity index (χ4v) is 3.62. The SMILES string of the molecule is CCn1c(=O)c2c(C(F)(F)F)c(CO)sc2n(CCC(F)(F)F)c1=O. The molecule has 2 aromatic heterocycles. The van der Waals surface area contributed by atoms with Gasteiger partial charge >= 0.3 is 18.0 Å². The normalized spacial score (nSPS) is 13.0. The third-order valence-corrected chi connectivity index (χ3v) is 4.69. The summed E-state index contributed by atoms with van der Waals surface area (Å²) in [4.78, 5) is 23.4. The Balaban J connectivity index is 2.92. The van der Waals surface area contributed by atoms with Crippen LogP contribution in [-0.4, -0.2) is 20.4 Å². The van der Waals surface area contributed by atoms with Crippen molar-refractivity contribution in [1.29, 1.82) is 0 Å². The van der Waals surface area contributed by atoms with Crippen LogP contribution in [-0.2, 0) is 25.9 Å². The van der Waals surface area contributed by atoms with Gasteiger partial charge in [0.15, 0.2) is 0 Å². The summed E-state index contributed by atoms with van der Waals surface area (Å²) in [7, 11) is 0. The predicted molar refractivity (Wildman–Crippen MR) is 77.6 cm³/mol. The molecule has 0 aliphatic rings. The number of rotatable bonds is 4. The van der Waals surface area contributed by atoms with Gasteiger partial charge in [-0.2, -0.15) is 26.3 Å². The van der Waals surface area contributed by atoms with E-state index in [0.29, 0.717) is 9.13 Å². The minimum absolute atomic E-state index is 0.288. The molecule has 12 heteroatoms. The van der Waals surface area contributed by atoms with Crippen LogP contribution in [0.25, 0.3) is 10.2 Å². The van der Waals surface area contributed by atoms with Crippen LogP contribution in [0, 0.1) is 0 Å². The minimum atomic E-state index is -5.01. The van der Waals surface area contributed by atoms with Gasteiger partial charge in [-0.05, 0) is 6.92 Å². The summed E-state index contributed by atoms with van der Waals surface area (Å²) in [6.45, 7) is -0.981. The first-order valence-corrected chi connectivity index (χ1v) is 7.77. The predicted octanol–water partition coefficient (Wildman–Crippen LogP) is 2.71. The summed E-state index contributed by atoms with van der Waals surface area (Å²) in [6, 6.07) is 0. The quantitative estimate of drug-likeness (QED) is 0.817. The molecule has 0 aliphatic heterocycles. The number of alkyl halides is 6. The van der Waals surface area contributed by atoms with Crippen LogP contribution >= 0.6 is 11.3 Å². The summed E-state index contributed by atoms with van der Waals surface area (Å²) < 4.78 is 78.3. The summed E-state index contributed by atoms with van der Waals surface area (Å²) in [6.07, 6.45) is -11.1. The first-order chi connectivity index (χ1) is 11.4. The van der Waals surface area contributed by atoms with Crippen LogP contribution in [0.5, 0.6) is 0 Å². The van der Waals surface area contributed by atoms with E-state index in [9.17, 15) is 35.9 Å². The summed E-state index contributed by atoms with van der Waals surface area (Å²) in [5.41, 5.74) is -3.78. The molecule has 0 atom stereocenters. The molecule has 25 heavy (non-hydrogen) atoms. The average molecular weight is 390 g/mol. The van der Waals surface area contributed by atoms with Crippen LogP contribution < -0.4 is 11.2 Å². The summed E-state index contributed by atoms with van der Waals surface area (Å²) in [5.74, 6) is 0. The van der Waals surface area contributed by atoms with Gasteiger partial charge in [-0.1, -0.05) is 0 Å². The highest BCUT2D eigenvalue weighted by molar-refractivity contribution is 7.18. The molecular formula is C13H12F6N2O3S. The molecule has 0 saturated carbocycles. The van der Waals surface area contributed by atoms with Crippen molar-refractivity contribution in [3.05, 3.63) is 31.3 Å². The van der Waals surface area contributed by atoms with E-state index in [-0.39, 0.29) is 17.9 Å². The van der Waals surface area contributed by atoms with E-state index in [1.807, 2.05) is 0 Å². The van der Waals surface area contributed by atoms with E-state index in [4.69, 9.17) is 5.11 Å². The molecule has 140 valence electrons. The fourth-order valence-electron chi connectivity index (χ4n) is 2.43. The van der Waals surface area contributed by atoms with Crippen LogP contribution in [0.15, 0.2) is 9.59 Å². The third-order valence-electron chi connectivity index (χ3n) is 3.49. The molecule has 2 aromatic rings. The number of hydrogen-bond acceptors (Lipinski definition) is 4. The second-order valence-electron chi connectivity index (χ2n) is 5.09. The molecule has 0 spiro atoms. The number of aromatic nitrogens is 2. The monoisotopic (exact) mass is 390 g/mol. The molecule has 0 saturated heterocycles. The molecule has 0 unspecified atom stereocenters. The molecule has 0 amide bonds. The van der Waals surface area contributed by atoms with Gasteiger partial charge in [0.25, 0.3) is 5.56 Å². The molecule has 2 heterocycles. The van der Waals surface area contributed by atoms with Crippen molar-refractivity contribution < 1.29 is 31.4 Å². The van der Waals surface area contributed by atoms with Gasteiger partial charge in [-0.3, -0.25) is 13.9 Å². The third kappa shape index (κ3) is 3.59. The zero-order chi connectivity index (χ0) is 19.2. The van der Waals surface area contributed by atoms with Gasteiger partial charge in [0.1, 0.15) is 4.83 Å². The van der Waals surface area contributed by atoms with Crippen molar-refractivity contribution in [2.24, 2.45) is 0 Å². The molecule has 0 fully saturated rings. The second kappa shape index (κ2) is 6.48. The number of halogens is 6. The Morgan fingerprint density at radius 1 is 1.08 bits per heavy atom. The molecule has 2 rings (SSSR count). The smallest absolute Gasteiger partial charge is 0.391 e. The Morgan fingerprint density at radius 3 is 2.12 bits per heavy atom. The Hall–Kier alpha value is -1.82. The van der Waals surface area contributed by atoms with Gasteiger partial charge in [-0.15, -0.1) is 11.3 Å². The van der Waals surface area contributed by atoms with E-state index >= 15 is 0 Å². The lowest BCUT2D eigenvalue weighted by Crippen LogP contribution is -2.40. The molecule has 5 nitrogen and oxygen atoms in total. The van der Waals surface area contributed by atoms with Crippen LogP contribution in [0.2, 0.25) is 0 Å². The Kier molecular flexibility index (Phi) is 5.06. The zero-order valence-electron chi connectivity index (χ0n) is 12.7. The number of fused-ring (bicyclic) bond motifs is 1. The summed E-state index contributed by atoms with van der Waals surface area (Å²) in [5, 5.41) is 8.26. The van der Waals surface area contributed by atoms with Gasteiger partial charge in [0, 0.05) is 18.0 Å². The van der Waals surface area contributed by atoms with Gasteiger partial charge in [0.2, 0.25) is 0 Å². The molecule has 1 N–H and O–H groups in total. The maximum Gasteiger partial charge on any atom is 0.418 e. The number of nitrogens with zero attached hydrogens (tertiary/aromatic N) is 2. The minimum Gasteiger partial charge on any atom is -0.391 e. The van der Waals surface area contributed by atoms with Crippen LogP contribution in [0.1, 0.15) is 23.8 Å². The highest BCUT2D eigenvalue weighted by Crippen LogP contribution is 2.40. The standard InChI is InChI=1S/C13H12F6N2O3S/c1-2-20-9(23)7-8(13(17,18)19)6(5-22)25-10(7)21(11(20)24)4-3-12(14,15)16/h22H,2-5H2,1H3. The van der Waals surface area contributed by atoms with Crippen molar-refractivity contribution in [1.82, 2.24) is 9.13 Å². The maximum absolute atomic E-state index is 13.3. The first-order valence-electron chi connectivity index (χ1n) is 6.96. The number of aryl methyl sites for hydroxylation is 1. The van der Waals surface area contributed by atoms with Crippen molar-refractivity contribution in [2.45, 2.75) is 45.4 Å². The Morgan fingerprint density at radius 2 is 1.68 bits per heavy atom. The van der Waals surface area contributed by atoms with E-state index in [2.05, 4.69) is 0 Å². The Labute approximate surface area is 139 Å². The van der Waals surface area contributed by atoms with Crippen molar-refractivity contribution in [3.63, 3.8) is 0 Å². The van der Waals surface area contributed by atoms with Crippen LogP contribution in [0.3, 0.4) is 0 Å². The molecule has 0 aliphatic carbocycles. The highest BCUT2D eigenvalue weighted by Gasteiger charge is 2.39. The molecule has 0 radical (unpaired) electrons. The molecule has 0 aromatic carbocycles. The first kappa shape index (κ1) is 19.5. The van der Waals surface area contributed by atoms with E-state index in [1.165, 1.54) is 6.92 Å². The number of aliphatic hydroxyl groups is 1. The van der Waals surface area contributed by atoms with Crippen molar-refractivity contribution >= 4 is 21.6 Å². The van der Waals surface area contributed by atoms with Crippen molar-refractivity contribution in [3.8, 4) is 0 Å². The van der Waals surface area contributed by atoms with Crippen molar-refractivity contribution in [2.75, 3.05) is 0 Å². The number of thiophene rings is 1. The highest BCUT2D eigenvalue weighted by atomic mass is 32.1. The fraction of sp³-hybridized carbons (Fsp3) is 0.538. The van der Waals surface area contributed by atoms with E-state index in [0.717, 1.165) is 0 Å². The lowest BCUT2D eigenvalue weighted by molar-refractivity contribution is -0.138. The van der Waals surface area contributed by atoms with E-state index < -0.39 is 63.8 Å². The van der Waals surface area contributed by atoms with Crippen LogP contribution in [0.4, 0.5) is 26.3 Å². The molecular weight excluding hydrogens is 378 g/mol. The number of hydrogen-bond donors (Lipinski definition) is 1. The second-order valence-corrected chi connectivity index (χ2v) is 6.17. The van der Waals surface area contributed by atoms with Gasteiger partial charge in [0.05, 0.1) is 24.0 Å². The van der Waals surface area contributed by atoms with Gasteiger partial charge in [-0.25, -0.2) is 4.79 Å². The Bertz CT molecular complexity index is 906. The maximum atomic E-state index is 13.3. The number of aliphatic hydroxyl groups excluding tert-OH is 1. The zero-order valence-corrected chi connectivity index (χ0v) is 13.5. The molecule has 0 bridgehead atoms. The average Bonchev–Trinajstić information content (AvgIpc) is 2.86. The van der Waals surface area contributed by atoms with Gasteiger partial charge < -0.3 is 5.11 Å². The lowest BCUT2D eigenvalue weighted by atomic mass is 10.2. The topological polar surface area (TPSA) is 64.2 Å².